The largest absolute Gasteiger partial charge is 0.433 e. The minimum atomic E-state index is -4.56. The van der Waals surface area contributed by atoms with E-state index in [-0.39, 0.29) is 24.9 Å². The number of nitrogens with zero attached hydrogens (tertiary/aromatic N) is 6. The van der Waals surface area contributed by atoms with Crippen LogP contribution >= 0.6 is 0 Å². The third-order valence-electron chi connectivity index (χ3n) is 6.85. The highest BCUT2D eigenvalue weighted by Gasteiger charge is 2.36. The summed E-state index contributed by atoms with van der Waals surface area (Å²) in [5.41, 5.74) is -0.124. The number of pyridine rings is 2. The van der Waals surface area contributed by atoms with Crippen LogP contribution in [0.5, 0.6) is 0 Å². The topological polar surface area (TPSA) is 70.1 Å². The average molecular weight is 538 g/mol. The number of rotatable bonds is 4. The van der Waals surface area contributed by atoms with Crippen molar-refractivity contribution in [2.75, 3.05) is 34.8 Å². The summed E-state index contributed by atoms with van der Waals surface area (Å²) < 4.78 is 79.9. The number of alkyl halides is 6. The summed E-state index contributed by atoms with van der Waals surface area (Å²) in [5.74, 6) is 0.749. The van der Waals surface area contributed by atoms with Crippen LogP contribution in [-0.2, 0) is 25.2 Å². The Bertz CT molecular complexity index is 1290. The first-order valence-electron chi connectivity index (χ1n) is 12.2. The van der Waals surface area contributed by atoms with E-state index in [1.165, 1.54) is 18.3 Å². The predicted molar refractivity (Wildman–Crippen MR) is 129 cm³/mol. The van der Waals surface area contributed by atoms with Crippen molar-refractivity contribution in [3.63, 3.8) is 0 Å². The van der Waals surface area contributed by atoms with Gasteiger partial charge in [0.05, 0.1) is 23.1 Å². The van der Waals surface area contributed by atoms with E-state index in [1.807, 2.05) is 0 Å². The lowest BCUT2D eigenvalue weighted by Gasteiger charge is -2.24. The Morgan fingerprint density at radius 1 is 0.921 bits per heavy atom. The van der Waals surface area contributed by atoms with E-state index in [2.05, 4.69) is 27.1 Å². The lowest BCUT2D eigenvalue weighted by Crippen LogP contribution is -2.29. The van der Waals surface area contributed by atoms with Crippen LogP contribution in [0, 0.1) is 0 Å². The minimum Gasteiger partial charge on any atom is -0.355 e. The number of anilines is 4. The molecule has 0 bridgehead atoms. The third-order valence-corrected chi connectivity index (χ3v) is 6.85. The van der Waals surface area contributed by atoms with Crippen molar-refractivity contribution in [2.45, 2.75) is 51.0 Å². The zero-order valence-corrected chi connectivity index (χ0v) is 20.4. The maximum atomic E-state index is 13.7. The number of hydrogen-bond acceptors (Lipinski definition) is 7. The third kappa shape index (κ3) is 5.32. The Balaban J connectivity index is 1.49. The van der Waals surface area contributed by atoms with E-state index in [1.54, 1.807) is 4.90 Å². The van der Waals surface area contributed by atoms with E-state index in [4.69, 9.17) is 9.97 Å². The highest BCUT2D eigenvalue weighted by molar-refractivity contribution is 5.63. The molecule has 7 nitrogen and oxygen atoms in total. The Hall–Kier alpha value is -3.64. The van der Waals surface area contributed by atoms with Gasteiger partial charge >= 0.3 is 12.4 Å². The van der Waals surface area contributed by atoms with Crippen LogP contribution < -0.4 is 15.1 Å². The lowest BCUT2D eigenvalue weighted by atomic mass is 10.1. The summed E-state index contributed by atoms with van der Waals surface area (Å²) in [7, 11) is 0. The molecule has 0 radical (unpaired) electrons. The molecule has 202 valence electrons. The van der Waals surface area contributed by atoms with Crippen molar-refractivity contribution in [3.8, 4) is 0 Å². The molecule has 0 amide bonds. The second-order valence-corrected chi connectivity index (χ2v) is 9.40. The normalized spacial score (nSPS) is 18.3. The van der Waals surface area contributed by atoms with Crippen LogP contribution in [0.3, 0.4) is 0 Å². The zero-order valence-electron chi connectivity index (χ0n) is 20.4. The lowest BCUT2D eigenvalue weighted by molar-refractivity contribution is -0.141. The van der Waals surface area contributed by atoms with Gasteiger partial charge in [0.1, 0.15) is 17.3 Å². The molecule has 2 aliphatic rings. The summed E-state index contributed by atoms with van der Waals surface area (Å²) >= 11 is 0. The molecule has 1 atom stereocenters. The van der Waals surface area contributed by atoms with Crippen LogP contribution in [0.25, 0.3) is 0 Å². The van der Waals surface area contributed by atoms with Crippen molar-refractivity contribution in [3.05, 3.63) is 59.2 Å². The molecule has 2 aliphatic heterocycles. The Kier molecular flexibility index (Phi) is 6.78. The van der Waals surface area contributed by atoms with E-state index >= 15 is 0 Å². The van der Waals surface area contributed by atoms with Gasteiger partial charge in [-0.2, -0.15) is 31.3 Å². The van der Waals surface area contributed by atoms with Gasteiger partial charge < -0.3 is 15.1 Å². The summed E-state index contributed by atoms with van der Waals surface area (Å²) in [5, 5.41) is 3.09. The Morgan fingerprint density at radius 3 is 2.37 bits per heavy atom. The fourth-order valence-electron chi connectivity index (χ4n) is 4.90. The highest BCUT2D eigenvalue weighted by Crippen LogP contribution is 2.37. The maximum absolute atomic E-state index is 13.7. The second kappa shape index (κ2) is 9.91. The molecule has 13 heteroatoms. The van der Waals surface area contributed by atoms with E-state index in [0.29, 0.717) is 41.6 Å². The molecule has 5 heterocycles. The van der Waals surface area contributed by atoms with Gasteiger partial charge in [0.25, 0.3) is 0 Å². The van der Waals surface area contributed by atoms with Gasteiger partial charge in [0.2, 0.25) is 5.95 Å². The number of fused-ring (bicyclic) bond motifs is 1. The quantitative estimate of drug-likeness (QED) is 0.432. The van der Waals surface area contributed by atoms with Crippen molar-refractivity contribution in [1.29, 1.82) is 0 Å². The molecule has 3 aromatic rings. The molecule has 3 aromatic heterocycles. The monoisotopic (exact) mass is 537 g/mol. The number of halogens is 6. The molecule has 1 unspecified atom stereocenters. The first-order chi connectivity index (χ1) is 18.0. The maximum Gasteiger partial charge on any atom is 0.433 e. The van der Waals surface area contributed by atoms with Crippen LogP contribution in [-0.4, -0.2) is 45.6 Å². The number of aromatic nitrogens is 4. The smallest absolute Gasteiger partial charge is 0.355 e. The van der Waals surface area contributed by atoms with Gasteiger partial charge in [0.15, 0.2) is 0 Å². The second-order valence-electron chi connectivity index (χ2n) is 9.40. The van der Waals surface area contributed by atoms with E-state index < -0.39 is 23.6 Å². The van der Waals surface area contributed by atoms with E-state index in [9.17, 15) is 26.3 Å². The fourth-order valence-corrected chi connectivity index (χ4v) is 4.90. The van der Waals surface area contributed by atoms with Crippen LogP contribution in [0.2, 0.25) is 0 Å². The van der Waals surface area contributed by atoms with Gasteiger partial charge in [-0.3, -0.25) is 0 Å². The number of hydrogen-bond donors (Lipinski definition) is 1. The minimum absolute atomic E-state index is 0.143. The molecular formula is C25H25F6N7. The highest BCUT2D eigenvalue weighted by atomic mass is 19.4. The average Bonchev–Trinajstić information content (AvgIpc) is 3.17. The number of nitrogens with one attached hydrogen (secondary N) is 1. The molecule has 5 rings (SSSR count). The molecule has 0 saturated carbocycles. The van der Waals surface area contributed by atoms with Crippen LogP contribution in [0.4, 0.5) is 49.6 Å². The van der Waals surface area contributed by atoms with Crippen molar-refractivity contribution < 1.29 is 26.3 Å². The first-order valence-corrected chi connectivity index (χ1v) is 12.2. The van der Waals surface area contributed by atoms with Gasteiger partial charge in [-0.25, -0.2) is 15.0 Å². The molecule has 0 aromatic carbocycles. The summed E-state index contributed by atoms with van der Waals surface area (Å²) in [6, 6.07) is 4.63. The van der Waals surface area contributed by atoms with Gasteiger partial charge in [-0.05, 0) is 50.5 Å². The van der Waals surface area contributed by atoms with Crippen LogP contribution in [0.15, 0.2) is 36.7 Å². The summed E-state index contributed by atoms with van der Waals surface area (Å²) in [6.45, 7) is 3.32. The molecule has 1 N–H and O–H groups in total. The van der Waals surface area contributed by atoms with Crippen molar-refractivity contribution in [1.82, 2.24) is 19.9 Å². The Labute approximate surface area is 214 Å². The molecule has 1 saturated heterocycles. The van der Waals surface area contributed by atoms with Gasteiger partial charge in [-0.1, -0.05) is 0 Å². The molecule has 0 aliphatic carbocycles. The molecule has 38 heavy (non-hydrogen) atoms. The van der Waals surface area contributed by atoms with Gasteiger partial charge in [0, 0.05) is 43.9 Å². The zero-order chi connectivity index (χ0) is 27.1. The SMILES string of the molecule is CC1CCCN1c1nc2c(c(Nc3ccc(C(F)(F)F)nc3)n1)CCN(c1ncccc1C(F)(F)F)CC2. The molecule has 0 spiro atoms. The van der Waals surface area contributed by atoms with Crippen molar-refractivity contribution in [2.24, 2.45) is 0 Å². The Morgan fingerprint density at radius 2 is 1.71 bits per heavy atom. The van der Waals surface area contributed by atoms with Gasteiger partial charge in [-0.15, -0.1) is 0 Å². The fraction of sp³-hybridized carbons (Fsp3) is 0.440. The molecule has 1 fully saturated rings. The summed E-state index contributed by atoms with van der Waals surface area (Å²) in [4.78, 5) is 20.7. The predicted octanol–water partition coefficient (Wildman–Crippen LogP) is 5.64. The van der Waals surface area contributed by atoms with E-state index in [0.717, 1.165) is 37.7 Å². The summed E-state index contributed by atoms with van der Waals surface area (Å²) in [6.07, 6.45) is -4.09. The first kappa shape index (κ1) is 26.0. The van der Waals surface area contributed by atoms with Crippen LogP contribution in [0.1, 0.15) is 42.3 Å². The van der Waals surface area contributed by atoms with Crippen molar-refractivity contribution >= 4 is 23.3 Å². The standard InChI is InChI=1S/C25H25F6N7/c1-15-4-3-11-38(15)23-35-19-9-13-37(22-18(24(26,27)28)5-2-10-32-22)12-8-17(19)21(36-23)34-16-6-7-20(33-14-16)25(29,30)31/h2,5-7,10,14-15H,3-4,8-9,11-13H2,1H3,(H,34,35,36). The molecular weight excluding hydrogens is 512 g/mol.